The lowest BCUT2D eigenvalue weighted by Gasteiger charge is -2.36. The van der Waals surface area contributed by atoms with E-state index in [1.807, 2.05) is 71.6 Å². The molecule has 0 bridgehead atoms. The molecule has 1 aliphatic rings. The number of benzene rings is 3. The van der Waals surface area contributed by atoms with Crippen LogP contribution in [0.2, 0.25) is 5.02 Å². The Morgan fingerprint density at radius 3 is 2.14 bits per heavy atom. The van der Waals surface area contributed by atoms with E-state index in [2.05, 4.69) is 17.0 Å². The second kappa shape index (κ2) is 9.01. The number of piperazine rings is 1. The topological polar surface area (TPSA) is 32.8 Å². The lowest BCUT2D eigenvalue weighted by Crippen LogP contribution is -2.50. The molecule has 1 heterocycles. The van der Waals surface area contributed by atoms with Crippen LogP contribution in [0.3, 0.4) is 0 Å². The van der Waals surface area contributed by atoms with Crippen LogP contribution in [0.25, 0.3) is 11.1 Å². The molecule has 1 fully saturated rings. The number of rotatable bonds is 5. The van der Waals surface area contributed by atoms with Gasteiger partial charge in [-0.1, -0.05) is 66.2 Å². The lowest BCUT2D eigenvalue weighted by atomic mass is 10.1. The molecule has 0 aromatic heterocycles. The van der Waals surface area contributed by atoms with Crippen molar-refractivity contribution in [2.24, 2.45) is 0 Å². The van der Waals surface area contributed by atoms with Gasteiger partial charge in [-0.3, -0.25) is 4.79 Å². The zero-order valence-electron chi connectivity index (χ0n) is 16.1. The van der Waals surface area contributed by atoms with Gasteiger partial charge in [0.25, 0.3) is 5.91 Å². The minimum Gasteiger partial charge on any atom is -0.482 e. The van der Waals surface area contributed by atoms with Crippen molar-refractivity contribution >= 4 is 23.2 Å². The number of anilines is 1. The first-order valence-corrected chi connectivity index (χ1v) is 10.1. The van der Waals surface area contributed by atoms with Crippen molar-refractivity contribution < 1.29 is 9.53 Å². The van der Waals surface area contributed by atoms with Gasteiger partial charge in [0, 0.05) is 31.9 Å². The highest BCUT2D eigenvalue weighted by atomic mass is 35.5. The molecule has 0 atom stereocenters. The summed E-state index contributed by atoms with van der Waals surface area (Å²) in [5.74, 6) is 0.517. The SMILES string of the molecule is O=C(COc1ccc(-c2ccccc2)cc1Cl)N1CCN(c2ccccc2)CC1. The van der Waals surface area contributed by atoms with Crippen molar-refractivity contribution in [2.45, 2.75) is 0 Å². The summed E-state index contributed by atoms with van der Waals surface area (Å²) in [5.41, 5.74) is 3.31. The predicted molar refractivity (Wildman–Crippen MR) is 118 cm³/mol. The van der Waals surface area contributed by atoms with Gasteiger partial charge in [0.05, 0.1) is 5.02 Å². The average Bonchev–Trinajstić information content (AvgIpc) is 2.79. The summed E-state index contributed by atoms with van der Waals surface area (Å²) in [5, 5.41) is 0.507. The number of carbonyl (C=O) groups excluding carboxylic acids is 1. The number of halogens is 1. The largest absolute Gasteiger partial charge is 0.482 e. The van der Waals surface area contributed by atoms with Gasteiger partial charge in [-0.05, 0) is 35.4 Å². The molecule has 0 spiro atoms. The highest BCUT2D eigenvalue weighted by molar-refractivity contribution is 6.32. The van der Waals surface area contributed by atoms with E-state index in [0.717, 1.165) is 24.2 Å². The van der Waals surface area contributed by atoms with E-state index in [0.29, 0.717) is 23.9 Å². The number of para-hydroxylation sites is 1. The molecule has 29 heavy (non-hydrogen) atoms. The molecule has 0 aliphatic carbocycles. The van der Waals surface area contributed by atoms with E-state index in [4.69, 9.17) is 16.3 Å². The van der Waals surface area contributed by atoms with Crippen LogP contribution in [0, 0.1) is 0 Å². The van der Waals surface area contributed by atoms with E-state index in [9.17, 15) is 4.79 Å². The van der Waals surface area contributed by atoms with Crippen molar-refractivity contribution in [3.05, 3.63) is 83.9 Å². The van der Waals surface area contributed by atoms with E-state index >= 15 is 0 Å². The van der Waals surface area contributed by atoms with Crippen LogP contribution in [0.1, 0.15) is 0 Å². The summed E-state index contributed by atoms with van der Waals surface area (Å²) in [4.78, 5) is 16.7. The fourth-order valence-corrected chi connectivity index (χ4v) is 3.75. The molecule has 5 heteroatoms. The normalized spacial score (nSPS) is 14.0. The average molecular weight is 407 g/mol. The first-order chi connectivity index (χ1) is 14.2. The van der Waals surface area contributed by atoms with Crippen LogP contribution < -0.4 is 9.64 Å². The first-order valence-electron chi connectivity index (χ1n) is 9.76. The summed E-state index contributed by atoms with van der Waals surface area (Å²) in [6, 6.07) is 26.0. The predicted octanol–water partition coefficient (Wildman–Crippen LogP) is 4.73. The number of amides is 1. The summed E-state index contributed by atoms with van der Waals surface area (Å²) in [6.07, 6.45) is 0. The molecule has 1 saturated heterocycles. The molecule has 3 aromatic rings. The molecule has 0 unspecified atom stereocenters. The minimum atomic E-state index is -0.0130. The van der Waals surface area contributed by atoms with Gasteiger partial charge in [-0.2, -0.15) is 0 Å². The van der Waals surface area contributed by atoms with Crippen molar-refractivity contribution in [1.82, 2.24) is 4.90 Å². The Kier molecular flexibility index (Phi) is 6.01. The summed E-state index contributed by atoms with van der Waals surface area (Å²) >= 11 is 6.38. The summed E-state index contributed by atoms with van der Waals surface area (Å²) in [7, 11) is 0. The minimum absolute atomic E-state index is 0.00423. The van der Waals surface area contributed by atoms with Crippen molar-refractivity contribution in [2.75, 3.05) is 37.7 Å². The van der Waals surface area contributed by atoms with E-state index in [1.54, 1.807) is 0 Å². The lowest BCUT2D eigenvalue weighted by molar-refractivity contribution is -0.133. The maximum absolute atomic E-state index is 12.6. The monoisotopic (exact) mass is 406 g/mol. The van der Waals surface area contributed by atoms with E-state index < -0.39 is 0 Å². The molecule has 1 aliphatic heterocycles. The second-order valence-electron chi connectivity index (χ2n) is 7.00. The molecule has 3 aromatic carbocycles. The van der Waals surface area contributed by atoms with Gasteiger partial charge in [0.15, 0.2) is 6.61 Å². The van der Waals surface area contributed by atoms with Crippen molar-refractivity contribution in [1.29, 1.82) is 0 Å². The molecule has 4 rings (SSSR count). The summed E-state index contributed by atoms with van der Waals surface area (Å²) < 4.78 is 5.72. The number of nitrogens with zero attached hydrogens (tertiary/aromatic N) is 2. The van der Waals surface area contributed by atoms with Gasteiger partial charge >= 0.3 is 0 Å². The summed E-state index contributed by atoms with van der Waals surface area (Å²) in [6.45, 7) is 3.02. The Morgan fingerprint density at radius 2 is 1.48 bits per heavy atom. The van der Waals surface area contributed by atoms with E-state index in [1.165, 1.54) is 5.69 Å². The molecular formula is C24H23ClN2O2. The molecular weight excluding hydrogens is 384 g/mol. The van der Waals surface area contributed by atoms with E-state index in [-0.39, 0.29) is 12.5 Å². The highest BCUT2D eigenvalue weighted by Crippen LogP contribution is 2.30. The van der Waals surface area contributed by atoms with Crippen LogP contribution in [-0.4, -0.2) is 43.6 Å². The fourth-order valence-electron chi connectivity index (χ4n) is 3.51. The fraction of sp³-hybridized carbons (Fsp3) is 0.208. The van der Waals surface area contributed by atoms with Crippen LogP contribution in [0.5, 0.6) is 5.75 Å². The van der Waals surface area contributed by atoms with Crippen LogP contribution >= 0.6 is 11.6 Å². The van der Waals surface area contributed by atoms with Crippen molar-refractivity contribution in [3.8, 4) is 16.9 Å². The third kappa shape index (κ3) is 4.72. The molecule has 0 N–H and O–H groups in total. The maximum atomic E-state index is 12.6. The smallest absolute Gasteiger partial charge is 0.260 e. The molecule has 0 radical (unpaired) electrons. The van der Waals surface area contributed by atoms with Gasteiger partial charge in [0.1, 0.15) is 5.75 Å². The number of hydrogen-bond acceptors (Lipinski definition) is 3. The molecule has 4 nitrogen and oxygen atoms in total. The standard InChI is InChI=1S/C24H23ClN2O2/c25-22-17-20(19-7-3-1-4-8-19)11-12-23(22)29-18-24(28)27-15-13-26(14-16-27)21-9-5-2-6-10-21/h1-12,17H,13-16,18H2. The van der Waals surface area contributed by atoms with Gasteiger partial charge in [-0.15, -0.1) is 0 Å². The Hall–Kier alpha value is -2.98. The zero-order valence-corrected chi connectivity index (χ0v) is 16.9. The molecule has 148 valence electrons. The Morgan fingerprint density at radius 1 is 0.828 bits per heavy atom. The molecule has 0 saturated carbocycles. The van der Waals surface area contributed by atoms with Gasteiger partial charge in [0.2, 0.25) is 0 Å². The first kappa shape index (κ1) is 19.3. The Labute approximate surface area is 176 Å². The van der Waals surface area contributed by atoms with Crippen LogP contribution in [0.15, 0.2) is 78.9 Å². The third-order valence-corrected chi connectivity index (χ3v) is 5.44. The third-order valence-electron chi connectivity index (χ3n) is 5.14. The second-order valence-corrected chi connectivity index (χ2v) is 7.41. The number of hydrogen-bond donors (Lipinski definition) is 0. The number of ether oxygens (including phenoxy) is 1. The number of carbonyl (C=O) groups is 1. The maximum Gasteiger partial charge on any atom is 0.260 e. The Balaban J connectivity index is 1.31. The quantitative estimate of drug-likeness (QED) is 0.613. The van der Waals surface area contributed by atoms with Crippen molar-refractivity contribution in [3.63, 3.8) is 0 Å². The zero-order chi connectivity index (χ0) is 20.1. The molecule has 1 amide bonds. The van der Waals surface area contributed by atoms with Crippen LogP contribution in [-0.2, 0) is 4.79 Å². The van der Waals surface area contributed by atoms with Crippen LogP contribution in [0.4, 0.5) is 5.69 Å². The van der Waals surface area contributed by atoms with Gasteiger partial charge in [-0.25, -0.2) is 0 Å². The Bertz CT molecular complexity index is 955. The highest BCUT2D eigenvalue weighted by Gasteiger charge is 2.21. The van der Waals surface area contributed by atoms with Gasteiger partial charge < -0.3 is 14.5 Å².